The Morgan fingerprint density at radius 1 is 1.13 bits per heavy atom. The predicted octanol–water partition coefficient (Wildman–Crippen LogP) is 3.97. The predicted molar refractivity (Wildman–Crippen MR) is 67.8 cm³/mol. The highest BCUT2D eigenvalue weighted by Gasteiger charge is 2.25. The van der Waals surface area contributed by atoms with Crippen molar-refractivity contribution in [2.24, 2.45) is 23.5 Å². The minimum Gasteiger partial charge on any atom is -0.327 e. The highest BCUT2D eigenvalue weighted by atomic mass is 14.7. The molecule has 90 valence electrons. The Morgan fingerprint density at radius 3 is 2.20 bits per heavy atom. The molecule has 0 saturated heterocycles. The Bertz CT molecular complexity index is 159. The van der Waals surface area contributed by atoms with Crippen molar-refractivity contribution in [3.05, 3.63) is 0 Å². The molecular formula is C14H29N. The quantitative estimate of drug-likeness (QED) is 0.731. The smallest absolute Gasteiger partial charge is 0.00696 e. The summed E-state index contributed by atoms with van der Waals surface area (Å²) in [5.41, 5.74) is 6.31. The van der Waals surface area contributed by atoms with Gasteiger partial charge in [-0.05, 0) is 37.0 Å². The van der Waals surface area contributed by atoms with Crippen LogP contribution in [0.5, 0.6) is 0 Å². The summed E-state index contributed by atoms with van der Waals surface area (Å²) >= 11 is 0. The first-order chi connectivity index (χ1) is 7.17. The molecule has 2 unspecified atom stereocenters. The SMILES string of the molecule is CCC(C)CC(N)C1CCC(CC)CC1. The Hall–Kier alpha value is -0.0400. The molecule has 0 aromatic heterocycles. The molecule has 1 rings (SSSR count). The molecular weight excluding hydrogens is 182 g/mol. The minimum atomic E-state index is 0.470. The van der Waals surface area contributed by atoms with Crippen LogP contribution in [-0.4, -0.2) is 6.04 Å². The van der Waals surface area contributed by atoms with Gasteiger partial charge in [0.2, 0.25) is 0 Å². The third-order valence-corrected chi connectivity index (χ3v) is 4.45. The molecule has 0 aromatic carbocycles. The number of nitrogens with two attached hydrogens (primary N) is 1. The second kappa shape index (κ2) is 6.52. The van der Waals surface area contributed by atoms with Crippen molar-refractivity contribution in [1.29, 1.82) is 0 Å². The molecule has 15 heavy (non-hydrogen) atoms. The third kappa shape index (κ3) is 4.14. The van der Waals surface area contributed by atoms with Crippen molar-refractivity contribution < 1.29 is 0 Å². The van der Waals surface area contributed by atoms with Crippen molar-refractivity contribution in [3.63, 3.8) is 0 Å². The molecule has 0 heterocycles. The Kier molecular flexibility index (Phi) is 5.66. The lowest BCUT2D eigenvalue weighted by atomic mass is 9.76. The van der Waals surface area contributed by atoms with Crippen LogP contribution in [0.4, 0.5) is 0 Å². The average molecular weight is 211 g/mol. The van der Waals surface area contributed by atoms with Gasteiger partial charge in [-0.1, -0.05) is 46.5 Å². The van der Waals surface area contributed by atoms with Gasteiger partial charge in [0.05, 0.1) is 0 Å². The van der Waals surface area contributed by atoms with E-state index in [0.29, 0.717) is 6.04 Å². The zero-order valence-electron chi connectivity index (χ0n) is 10.8. The lowest BCUT2D eigenvalue weighted by Gasteiger charge is -2.32. The maximum absolute atomic E-state index is 6.31. The van der Waals surface area contributed by atoms with E-state index in [9.17, 15) is 0 Å². The van der Waals surface area contributed by atoms with Crippen molar-refractivity contribution in [2.45, 2.75) is 71.8 Å². The summed E-state index contributed by atoms with van der Waals surface area (Å²) in [6, 6.07) is 0.470. The van der Waals surface area contributed by atoms with Crippen LogP contribution in [0, 0.1) is 17.8 Å². The first-order valence-electron chi connectivity index (χ1n) is 6.92. The molecule has 0 aliphatic heterocycles. The van der Waals surface area contributed by atoms with E-state index in [1.807, 2.05) is 0 Å². The van der Waals surface area contributed by atoms with Crippen LogP contribution in [0.2, 0.25) is 0 Å². The molecule has 0 amide bonds. The van der Waals surface area contributed by atoms with Gasteiger partial charge in [0.25, 0.3) is 0 Å². The molecule has 0 spiro atoms. The van der Waals surface area contributed by atoms with Gasteiger partial charge in [-0.25, -0.2) is 0 Å². The Morgan fingerprint density at radius 2 is 1.73 bits per heavy atom. The van der Waals surface area contributed by atoms with E-state index in [0.717, 1.165) is 17.8 Å². The van der Waals surface area contributed by atoms with Crippen LogP contribution in [0.1, 0.15) is 65.7 Å². The van der Waals surface area contributed by atoms with Gasteiger partial charge in [-0.3, -0.25) is 0 Å². The molecule has 2 atom stereocenters. The summed E-state index contributed by atoms with van der Waals surface area (Å²) in [6.07, 6.45) is 9.50. The van der Waals surface area contributed by atoms with Crippen molar-refractivity contribution >= 4 is 0 Å². The molecule has 1 fully saturated rings. The topological polar surface area (TPSA) is 26.0 Å². The first-order valence-corrected chi connectivity index (χ1v) is 6.92. The van der Waals surface area contributed by atoms with Gasteiger partial charge in [0, 0.05) is 6.04 Å². The molecule has 1 saturated carbocycles. The highest BCUT2D eigenvalue weighted by molar-refractivity contribution is 4.80. The van der Waals surface area contributed by atoms with E-state index in [1.165, 1.54) is 44.9 Å². The Labute approximate surface area is 95.8 Å². The lowest BCUT2D eigenvalue weighted by molar-refractivity contribution is 0.221. The number of hydrogen-bond acceptors (Lipinski definition) is 1. The minimum absolute atomic E-state index is 0.470. The molecule has 0 radical (unpaired) electrons. The van der Waals surface area contributed by atoms with Crippen molar-refractivity contribution in [2.75, 3.05) is 0 Å². The maximum atomic E-state index is 6.31. The molecule has 1 aliphatic rings. The van der Waals surface area contributed by atoms with Crippen LogP contribution in [0.25, 0.3) is 0 Å². The summed E-state index contributed by atoms with van der Waals surface area (Å²) < 4.78 is 0. The van der Waals surface area contributed by atoms with Gasteiger partial charge in [-0.2, -0.15) is 0 Å². The largest absolute Gasteiger partial charge is 0.327 e. The van der Waals surface area contributed by atoms with E-state index in [4.69, 9.17) is 5.73 Å². The van der Waals surface area contributed by atoms with Crippen molar-refractivity contribution in [3.8, 4) is 0 Å². The average Bonchev–Trinajstić information content (AvgIpc) is 2.29. The van der Waals surface area contributed by atoms with E-state index in [1.54, 1.807) is 0 Å². The van der Waals surface area contributed by atoms with E-state index >= 15 is 0 Å². The second-order valence-corrected chi connectivity index (χ2v) is 5.60. The van der Waals surface area contributed by atoms with E-state index in [-0.39, 0.29) is 0 Å². The van der Waals surface area contributed by atoms with Gasteiger partial charge in [-0.15, -0.1) is 0 Å². The molecule has 1 nitrogen and oxygen atoms in total. The zero-order valence-corrected chi connectivity index (χ0v) is 10.8. The lowest BCUT2D eigenvalue weighted by Crippen LogP contribution is -2.34. The monoisotopic (exact) mass is 211 g/mol. The van der Waals surface area contributed by atoms with Gasteiger partial charge >= 0.3 is 0 Å². The van der Waals surface area contributed by atoms with Crippen molar-refractivity contribution in [1.82, 2.24) is 0 Å². The summed E-state index contributed by atoms with van der Waals surface area (Å²) in [6.45, 7) is 6.92. The van der Waals surface area contributed by atoms with Gasteiger partial charge < -0.3 is 5.73 Å². The van der Waals surface area contributed by atoms with Crippen LogP contribution in [-0.2, 0) is 0 Å². The fraction of sp³-hybridized carbons (Fsp3) is 1.00. The highest BCUT2D eigenvalue weighted by Crippen LogP contribution is 2.33. The first kappa shape index (κ1) is 13.0. The molecule has 1 heteroatoms. The molecule has 1 aliphatic carbocycles. The Balaban J connectivity index is 2.26. The van der Waals surface area contributed by atoms with Gasteiger partial charge in [0.1, 0.15) is 0 Å². The van der Waals surface area contributed by atoms with Gasteiger partial charge in [0.15, 0.2) is 0 Å². The molecule has 0 aromatic rings. The summed E-state index contributed by atoms with van der Waals surface area (Å²) in [7, 11) is 0. The van der Waals surface area contributed by atoms with Crippen LogP contribution in [0.3, 0.4) is 0 Å². The summed E-state index contributed by atoms with van der Waals surface area (Å²) in [5, 5.41) is 0. The van der Waals surface area contributed by atoms with Crippen LogP contribution >= 0.6 is 0 Å². The number of rotatable bonds is 5. The summed E-state index contributed by atoms with van der Waals surface area (Å²) in [4.78, 5) is 0. The number of hydrogen-bond donors (Lipinski definition) is 1. The fourth-order valence-electron chi connectivity index (χ4n) is 2.85. The molecule has 2 N–H and O–H groups in total. The summed E-state index contributed by atoms with van der Waals surface area (Å²) in [5.74, 6) is 2.63. The van der Waals surface area contributed by atoms with Crippen LogP contribution in [0.15, 0.2) is 0 Å². The fourth-order valence-corrected chi connectivity index (χ4v) is 2.85. The second-order valence-electron chi connectivity index (χ2n) is 5.60. The standard InChI is InChI=1S/C14H29N/c1-4-11(3)10-14(15)13-8-6-12(5-2)7-9-13/h11-14H,4-10,15H2,1-3H3. The van der Waals surface area contributed by atoms with E-state index in [2.05, 4.69) is 20.8 Å². The maximum Gasteiger partial charge on any atom is 0.00696 e. The zero-order chi connectivity index (χ0) is 11.3. The third-order valence-electron chi connectivity index (χ3n) is 4.45. The van der Waals surface area contributed by atoms with Crippen LogP contribution < -0.4 is 5.73 Å². The normalized spacial score (nSPS) is 31.2. The molecule has 0 bridgehead atoms. The van der Waals surface area contributed by atoms with E-state index < -0.39 is 0 Å².